The van der Waals surface area contributed by atoms with E-state index in [4.69, 9.17) is 0 Å². The molecular weight excluding hydrogens is 687 g/mol. The zero-order valence-corrected chi connectivity index (χ0v) is 31.2. The normalized spacial score (nSPS) is 11.9. The van der Waals surface area contributed by atoms with Gasteiger partial charge in [0.1, 0.15) is 0 Å². The number of benzene rings is 11. The van der Waals surface area contributed by atoms with Crippen LogP contribution in [-0.4, -0.2) is 4.57 Å². The molecule has 0 amide bonds. The van der Waals surface area contributed by atoms with E-state index >= 15 is 0 Å². The maximum atomic E-state index is 2.54. The molecule has 0 aliphatic rings. The molecule has 264 valence electrons. The molecule has 0 bridgehead atoms. The molecule has 11 aromatic carbocycles. The van der Waals surface area contributed by atoms with Gasteiger partial charge in [0.15, 0.2) is 0 Å². The van der Waals surface area contributed by atoms with Crippen molar-refractivity contribution in [3.63, 3.8) is 0 Å². The van der Waals surface area contributed by atoms with Gasteiger partial charge in [-0.2, -0.15) is 0 Å². The van der Waals surface area contributed by atoms with Crippen LogP contribution < -0.4 is 0 Å². The number of aromatic nitrogens is 1. The van der Waals surface area contributed by atoms with Gasteiger partial charge in [0.25, 0.3) is 0 Å². The van der Waals surface area contributed by atoms with Gasteiger partial charge in [0, 0.05) is 26.9 Å². The molecule has 1 heterocycles. The van der Waals surface area contributed by atoms with Crippen LogP contribution in [0.15, 0.2) is 212 Å². The molecule has 12 aromatic rings. The Morgan fingerprint density at radius 3 is 1.33 bits per heavy atom. The molecule has 12 rings (SSSR count). The second-order valence-electron chi connectivity index (χ2n) is 15.1. The Bertz CT molecular complexity index is 3560. The van der Waals surface area contributed by atoms with E-state index in [0.717, 1.165) is 0 Å². The Balaban J connectivity index is 1.22. The number of hydrogen-bond acceptors (Lipinski definition) is 0. The highest BCUT2D eigenvalue weighted by molar-refractivity contribution is 6.38. The lowest BCUT2D eigenvalue weighted by atomic mass is 9.86. The lowest BCUT2D eigenvalue weighted by Crippen LogP contribution is -1.97. The highest BCUT2D eigenvalue weighted by Crippen LogP contribution is 2.49. The van der Waals surface area contributed by atoms with Gasteiger partial charge in [0.05, 0.1) is 16.7 Å². The molecule has 0 radical (unpaired) electrons. The number of para-hydroxylation sites is 1. The topological polar surface area (TPSA) is 4.93 Å². The van der Waals surface area contributed by atoms with Crippen molar-refractivity contribution in [1.82, 2.24) is 4.57 Å². The predicted octanol–water partition coefficient (Wildman–Crippen LogP) is 15.6. The van der Waals surface area contributed by atoms with Crippen molar-refractivity contribution in [2.24, 2.45) is 0 Å². The Kier molecular flexibility index (Phi) is 7.00. The summed E-state index contributed by atoms with van der Waals surface area (Å²) in [5, 5.41) is 15.2. The van der Waals surface area contributed by atoms with Crippen LogP contribution in [0.5, 0.6) is 0 Å². The summed E-state index contributed by atoms with van der Waals surface area (Å²) in [5.41, 5.74) is 11.1. The fraction of sp³-hybridized carbons (Fsp3) is 0. The average Bonchev–Trinajstić information content (AvgIpc) is 3.63. The number of fused-ring (bicyclic) bond motifs is 12. The van der Waals surface area contributed by atoms with Crippen molar-refractivity contribution in [3.8, 4) is 39.1 Å². The van der Waals surface area contributed by atoms with Gasteiger partial charge >= 0.3 is 0 Å². The van der Waals surface area contributed by atoms with Crippen molar-refractivity contribution < 1.29 is 0 Å². The van der Waals surface area contributed by atoms with E-state index in [1.807, 2.05) is 0 Å². The summed E-state index contributed by atoms with van der Waals surface area (Å²) < 4.78 is 2.54. The van der Waals surface area contributed by atoms with E-state index in [1.54, 1.807) is 0 Å². The fourth-order valence-electron chi connectivity index (χ4n) is 9.75. The number of rotatable bonds is 4. The molecule has 0 unspecified atom stereocenters. The smallest absolute Gasteiger partial charge is 0.0626 e. The molecule has 0 saturated heterocycles. The quantitative estimate of drug-likeness (QED) is 0.160. The maximum absolute atomic E-state index is 2.54. The van der Waals surface area contributed by atoms with Crippen LogP contribution in [0.3, 0.4) is 0 Å². The van der Waals surface area contributed by atoms with Crippen LogP contribution >= 0.6 is 0 Å². The highest BCUT2D eigenvalue weighted by atomic mass is 15.0. The van der Waals surface area contributed by atoms with E-state index in [-0.39, 0.29) is 0 Å². The van der Waals surface area contributed by atoms with E-state index in [0.29, 0.717) is 0 Å². The van der Waals surface area contributed by atoms with Gasteiger partial charge < -0.3 is 4.57 Å². The van der Waals surface area contributed by atoms with Gasteiger partial charge in [-0.05, 0) is 89.3 Å². The number of nitrogens with zero attached hydrogens (tertiary/aromatic N) is 1. The molecule has 0 saturated carbocycles. The summed E-state index contributed by atoms with van der Waals surface area (Å²) in [5.74, 6) is 0. The Morgan fingerprint density at radius 2 is 0.684 bits per heavy atom. The molecule has 0 spiro atoms. The fourth-order valence-corrected chi connectivity index (χ4v) is 9.75. The third kappa shape index (κ3) is 4.70. The predicted molar refractivity (Wildman–Crippen MR) is 245 cm³/mol. The zero-order valence-electron chi connectivity index (χ0n) is 31.2. The van der Waals surface area contributed by atoms with Crippen LogP contribution in [0.1, 0.15) is 0 Å². The van der Waals surface area contributed by atoms with Gasteiger partial charge in [-0.25, -0.2) is 0 Å². The molecule has 0 fully saturated rings. The molecule has 1 heteroatoms. The molecule has 0 aliphatic heterocycles. The first-order chi connectivity index (χ1) is 28.3. The summed E-state index contributed by atoms with van der Waals surface area (Å²) in [6, 6.07) is 78.2. The standard InChI is InChI=1S/C56H35N/c1-3-17-36(18-4-1)38-31-32-45(42-23-8-7-21-40(38)42)50-35-51-44-25-11-14-28-48(44)56-55(54(51)47-27-13-10-24-43(47)50)49-29-15-16-30-52(49)57(56)53-34-33-39(37-19-5-2-6-20-37)41-22-9-12-26-46(41)53/h1-35H. The summed E-state index contributed by atoms with van der Waals surface area (Å²) in [7, 11) is 0. The first kappa shape index (κ1) is 31.8. The van der Waals surface area contributed by atoms with Crippen LogP contribution in [0.2, 0.25) is 0 Å². The molecule has 1 nitrogen and oxygen atoms in total. The van der Waals surface area contributed by atoms with Crippen LogP contribution in [-0.2, 0) is 0 Å². The first-order valence-corrected chi connectivity index (χ1v) is 19.8. The van der Waals surface area contributed by atoms with E-state index in [9.17, 15) is 0 Å². The van der Waals surface area contributed by atoms with Crippen LogP contribution in [0.4, 0.5) is 0 Å². The summed E-state index contributed by atoms with van der Waals surface area (Å²) in [4.78, 5) is 0. The lowest BCUT2D eigenvalue weighted by Gasteiger charge is -2.18. The highest BCUT2D eigenvalue weighted by Gasteiger charge is 2.23. The summed E-state index contributed by atoms with van der Waals surface area (Å²) >= 11 is 0. The van der Waals surface area contributed by atoms with Gasteiger partial charge in [-0.1, -0.05) is 194 Å². The summed E-state index contributed by atoms with van der Waals surface area (Å²) in [6.45, 7) is 0. The minimum Gasteiger partial charge on any atom is -0.308 e. The van der Waals surface area contributed by atoms with Gasteiger partial charge in [0.2, 0.25) is 0 Å². The molecule has 0 atom stereocenters. The lowest BCUT2D eigenvalue weighted by molar-refractivity contribution is 1.20. The largest absolute Gasteiger partial charge is 0.308 e. The Morgan fingerprint density at radius 1 is 0.246 bits per heavy atom. The van der Waals surface area contributed by atoms with Crippen molar-refractivity contribution in [2.45, 2.75) is 0 Å². The second-order valence-corrected chi connectivity index (χ2v) is 15.1. The van der Waals surface area contributed by atoms with Crippen LogP contribution in [0.25, 0.3) is 115 Å². The third-order valence-corrected chi connectivity index (χ3v) is 12.2. The summed E-state index contributed by atoms with van der Waals surface area (Å²) in [6.07, 6.45) is 0. The van der Waals surface area contributed by atoms with Crippen molar-refractivity contribution >= 4 is 75.7 Å². The minimum absolute atomic E-state index is 1.19. The average molecular weight is 722 g/mol. The monoisotopic (exact) mass is 721 g/mol. The van der Waals surface area contributed by atoms with Gasteiger partial charge in [-0.15, -0.1) is 0 Å². The molecule has 57 heavy (non-hydrogen) atoms. The minimum atomic E-state index is 1.19. The first-order valence-electron chi connectivity index (χ1n) is 19.8. The Hall–Kier alpha value is -7.48. The number of hydrogen-bond donors (Lipinski definition) is 0. The van der Waals surface area contributed by atoms with Crippen molar-refractivity contribution in [2.75, 3.05) is 0 Å². The molecule has 1 aromatic heterocycles. The maximum Gasteiger partial charge on any atom is 0.0626 e. The van der Waals surface area contributed by atoms with E-state index < -0.39 is 0 Å². The molecular formula is C56H35N. The Labute approximate surface area is 330 Å². The third-order valence-electron chi connectivity index (χ3n) is 12.2. The van der Waals surface area contributed by atoms with Crippen LogP contribution in [0, 0.1) is 0 Å². The SMILES string of the molecule is c1ccc(-c2ccc(-c3cc4c5ccccc5c5c(c6ccccc6n5-c5ccc(-c6ccccc6)c6ccccc56)c4c4ccccc34)c3ccccc23)cc1. The van der Waals surface area contributed by atoms with E-state index in [1.165, 1.54) is 115 Å². The second kappa shape index (κ2) is 12.5. The zero-order chi connectivity index (χ0) is 37.5. The van der Waals surface area contributed by atoms with E-state index in [2.05, 4.69) is 217 Å². The molecule has 0 N–H and O–H groups in total. The van der Waals surface area contributed by atoms with Crippen molar-refractivity contribution in [1.29, 1.82) is 0 Å². The van der Waals surface area contributed by atoms with Gasteiger partial charge in [-0.3, -0.25) is 0 Å². The molecule has 0 aliphatic carbocycles. The van der Waals surface area contributed by atoms with Crippen molar-refractivity contribution in [3.05, 3.63) is 212 Å².